The van der Waals surface area contributed by atoms with Crippen LogP contribution in [0.4, 0.5) is 0 Å². The first-order chi connectivity index (χ1) is 31.6. The van der Waals surface area contributed by atoms with E-state index in [1.807, 2.05) is 6.08 Å². The van der Waals surface area contributed by atoms with Crippen molar-refractivity contribution >= 4 is 5.91 Å². The lowest BCUT2D eigenvalue weighted by Crippen LogP contribution is -2.48. The first kappa shape index (κ1) is 62.1. The van der Waals surface area contributed by atoms with Crippen molar-refractivity contribution < 1.29 is 20.1 Å². The third-order valence-corrected chi connectivity index (χ3v) is 12.8. The van der Waals surface area contributed by atoms with Crippen LogP contribution in [0.2, 0.25) is 0 Å². The molecule has 0 bridgehead atoms. The normalized spacial score (nSPS) is 13.8. The topological polar surface area (TPSA) is 89.8 Å². The van der Waals surface area contributed by atoms with Crippen molar-refractivity contribution in [1.29, 1.82) is 0 Å². The first-order valence-corrected chi connectivity index (χ1v) is 28.1. The predicted octanol–water partition coefficient (Wildman–Crippen LogP) is 17.4. The summed E-state index contributed by atoms with van der Waals surface area (Å²) in [5.74, 6) is -0.516. The average molecular weight is 897 g/mol. The molecule has 0 saturated heterocycles. The highest BCUT2D eigenvalue weighted by atomic mass is 16.3. The zero-order chi connectivity index (χ0) is 46.5. The Hall–Kier alpha value is -1.95. The van der Waals surface area contributed by atoms with Gasteiger partial charge in [0, 0.05) is 0 Å². The summed E-state index contributed by atoms with van der Waals surface area (Å²) >= 11 is 0. The van der Waals surface area contributed by atoms with Crippen LogP contribution in [-0.4, -0.2) is 46.1 Å². The summed E-state index contributed by atoms with van der Waals surface area (Å²) in [6, 6.07) is -0.823. The van der Waals surface area contributed by atoms with Crippen molar-refractivity contribution in [2.24, 2.45) is 0 Å². The molecule has 0 rings (SSSR count). The first-order valence-electron chi connectivity index (χ1n) is 28.1. The van der Waals surface area contributed by atoms with E-state index >= 15 is 0 Å². The maximum Gasteiger partial charge on any atom is 0.249 e. The molecule has 4 N–H and O–H groups in total. The minimum atomic E-state index is -1.11. The fraction of sp³-hybridized carbons (Fsp3) is 0.814. The van der Waals surface area contributed by atoms with E-state index in [9.17, 15) is 20.1 Å². The van der Waals surface area contributed by atoms with Gasteiger partial charge in [0.1, 0.15) is 6.10 Å². The SMILES string of the molecule is CCCCCCCCCC/C=C/CC/C=C/CC/C=C/C(O)C(CO)NC(=O)C(O)CCCCCCCCCCCCCCCCCC/C=C\C/C=C\CCCCCCCCCCC. The highest BCUT2D eigenvalue weighted by Gasteiger charge is 2.22. The molecule has 64 heavy (non-hydrogen) atoms. The molecule has 0 aromatic heterocycles. The van der Waals surface area contributed by atoms with E-state index in [2.05, 4.69) is 67.8 Å². The van der Waals surface area contributed by atoms with Crippen molar-refractivity contribution in [1.82, 2.24) is 5.32 Å². The van der Waals surface area contributed by atoms with Gasteiger partial charge in [-0.25, -0.2) is 0 Å². The summed E-state index contributed by atoms with van der Waals surface area (Å²) in [6.45, 7) is 4.18. The largest absolute Gasteiger partial charge is 0.394 e. The van der Waals surface area contributed by atoms with Crippen molar-refractivity contribution in [2.45, 2.75) is 302 Å². The molecule has 5 heteroatoms. The molecule has 374 valence electrons. The van der Waals surface area contributed by atoms with Gasteiger partial charge in [-0.2, -0.15) is 0 Å². The minimum Gasteiger partial charge on any atom is -0.394 e. The molecule has 0 radical (unpaired) electrons. The van der Waals surface area contributed by atoms with E-state index in [0.29, 0.717) is 6.42 Å². The monoisotopic (exact) mass is 896 g/mol. The van der Waals surface area contributed by atoms with Gasteiger partial charge in [-0.15, -0.1) is 0 Å². The van der Waals surface area contributed by atoms with E-state index in [-0.39, 0.29) is 6.61 Å². The van der Waals surface area contributed by atoms with E-state index in [1.54, 1.807) is 6.08 Å². The third-order valence-electron chi connectivity index (χ3n) is 12.8. The number of carbonyl (C=O) groups is 1. The van der Waals surface area contributed by atoms with Crippen LogP contribution in [0.5, 0.6) is 0 Å². The molecule has 0 fully saturated rings. The van der Waals surface area contributed by atoms with Crippen LogP contribution in [0.25, 0.3) is 0 Å². The van der Waals surface area contributed by atoms with Crippen LogP contribution >= 0.6 is 0 Å². The Morgan fingerprint density at radius 1 is 0.391 bits per heavy atom. The maximum absolute atomic E-state index is 12.5. The fourth-order valence-electron chi connectivity index (χ4n) is 8.43. The second-order valence-electron chi connectivity index (χ2n) is 19.1. The summed E-state index contributed by atoms with van der Waals surface area (Å²) in [7, 11) is 0. The van der Waals surface area contributed by atoms with E-state index in [1.165, 1.54) is 212 Å². The molecule has 0 aromatic rings. The van der Waals surface area contributed by atoms with Gasteiger partial charge in [-0.05, 0) is 77.0 Å². The third kappa shape index (κ3) is 48.0. The second-order valence-corrected chi connectivity index (χ2v) is 19.1. The van der Waals surface area contributed by atoms with Gasteiger partial charge in [0.25, 0.3) is 0 Å². The van der Waals surface area contributed by atoms with E-state index in [0.717, 1.165) is 51.4 Å². The summed E-state index contributed by atoms with van der Waals surface area (Å²) in [6.07, 6.45) is 73.0. The molecule has 3 atom stereocenters. The number of aliphatic hydroxyl groups excluding tert-OH is 3. The molecule has 5 nitrogen and oxygen atoms in total. The molecule has 0 aromatic carbocycles. The number of rotatable bonds is 51. The van der Waals surface area contributed by atoms with Gasteiger partial charge in [-0.3, -0.25) is 4.79 Å². The second kappa shape index (κ2) is 53.7. The number of carbonyl (C=O) groups excluding carboxylic acids is 1. The van der Waals surface area contributed by atoms with Gasteiger partial charge < -0.3 is 20.6 Å². The molecular formula is C59H109NO4. The van der Waals surface area contributed by atoms with Crippen molar-refractivity contribution in [3.63, 3.8) is 0 Å². The number of hydrogen-bond donors (Lipinski definition) is 4. The minimum absolute atomic E-state index is 0.382. The number of aliphatic hydroxyl groups is 3. The zero-order valence-electron chi connectivity index (χ0n) is 42.7. The van der Waals surface area contributed by atoms with E-state index in [4.69, 9.17) is 0 Å². The van der Waals surface area contributed by atoms with Crippen LogP contribution in [-0.2, 0) is 4.79 Å². The smallest absolute Gasteiger partial charge is 0.249 e. The van der Waals surface area contributed by atoms with Crippen molar-refractivity contribution in [3.05, 3.63) is 60.8 Å². The average Bonchev–Trinajstić information content (AvgIpc) is 3.30. The maximum atomic E-state index is 12.5. The number of allylic oxidation sites excluding steroid dienone is 9. The van der Waals surface area contributed by atoms with Crippen LogP contribution in [0.15, 0.2) is 60.8 Å². The summed E-state index contributed by atoms with van der Waals surface area (Å²) in [5, 5.41) is 33.3. The summed E-state index contributed by atoms with van der Waals surface area (Å²) in [4.78, 5) is 12.5. The number of amides is 1. The Kier molecular flexibility index (Phi) is 52.0. The zero-order valence-corrected chi connectivity index (χ0v) is 42.7. The predicted molar refractivity (Wildman–Crippen MR) is 282 cm³/mol. The van der Waals surface area contributed by atoms with Gasteiger partial charge >= 0.3 is 0 Å². The lowest BCUT2D eigenvalue weighted by molar-refractivity contribution is -0.131. The lowest BCUT2D eigenvalue weighted by atomic mass is 10.0. The Morgan fingerprint density at radius 3 is 1.05 bits per heavy atom. The highest BCUT2D eigenvalue weighted by Crippen LogP contribution is 2.16. The molecule has 1 amide bonds. The molecular weight excluding hydrogens is 787 g/mol. The number of unbranched alkanes of at least 4 members (excludes halogenated alkanes) is 35. The fourth-order valence-corrected chi connectivity index (χ4v) is 8.43. The van der Waals surface area contributed by atoms with Crippen molar-refractivity contribution in [2.75, 3.05) is 6.61 Å². The Bertz CT molecular complexity index is 1080. The Labute approximate surface area is 399 Å². The molecule has 0 aliphatic carbocycles. The Balaban J connectivity index is 3.60. The molecule has 0 heterocycles. The quantitative estimate of drug-likeness (QED) is 0.0362. The molecule has 0 spiro atoms. The number of nitrogens with one attached hydrogen (secondary N) is 1. The van der Waals surface area contributed by atoms with E-state index < -0.39 is 24.2 Å². The van der Waals surface area contributed by atoms with Crippen LogP contribution in [0.1, 0.15) is 284 Å². The van der Waals surface area contributed by atoms with Gasteiger partial charge in [0.2, 0.25) is 5.91 Å². The Morgan fingerprint density at radius 2 is 0.688 bits per heavy atom. The summed E-state index contributed by atoms with van der Waals surface area (Å²) in [5.41, 5.74) is 0. The van der Waals surface area contributed by atoms with Crippen LogP contribution in [0, 0.1) is 0 Å². The molecule has 0 aliphatic rings. The lowest BCUT2D eigenvalue weighted by Gasteiger charge is -2.21. The van der Waals surface area contributed by atoms with Crippen molar-refractivity contribution in [3.8, 4) is 0 Å². The highest BCUT2D eigenvalue weighted by molar-refractivity contribution is 5.80. The molecule has 0 saturated carbocycles. The van der Waals surface area contributed by atoms with Crippen LogP contribution < -0.4 is 5.32 Å². The van der Waals surface area contributed by atoms with Gasteiger partial charge in [0.15, 0.2) is 0 Å². The van der Waals surface area contributed by atoms with Crippen LogP contribution in [0.3, 0.4) is 0 Å². The number of hydrogen-bond acceptors (Lipinski definition) is 4. The van der Waals surface area contributed by atoms with Gasteiger partial charge in [-0.1, -0.05) is 267 Å². The summed E-state index contributed by atoms with van der Waals surface area (Å²) < 4.78 is 0. The molecule has 3 unspecified atom stereocenters. The van der Waals surface area contributed by atoms with Gasteiger partial charge in [0.05, 0.1) is 18.8 Å². The molecule has 0 aliphatic heterocycles. The standard InChI is InChI=1S/C59H109NO4/c1-3-5-7-9-11-13-15-17-19-21-23-24-25-26-27-28-29-30-31-32-33-34-35-36-38-40-42-44-46-48-50-52-54-58(63)59(64)60-56(55-61)57(62)53-51-49-47-45-43-41-39-37-22-20-18-16-14-12-10-8-6-4-2/h22-24,26-27,37,43,45,51,53,56-58,61-63H,3-21,25,28-36,38-42,44,46-50,52,54-55H2,1-2H3,(H,60,64)/b24-23-,27-26-,37-22+,45-43+,53-51+.